The van der Waals surface area contributed by atoms with Gasteiger partial charge in [-0.15, -0.1) is 0 Å². The van der Waals surface area contributed by atoms with Gasteiger partial charge in [-0.1, -0.05) is 6.92 Å². The maximum atomic E-state index is 3.43. The van der Waals surface area contributed by atoms with Crippen LogP contribution in [0, 0.1) is 5.92 Å². The van der Waals surface area contributed by atoms with Crippen molar-refractivity contribution in [3.63, 3.8) is 0 Å². The van der Waals surface area contributed by atoms with Crippen LogP contribution in [-0.2, 0) is 0 Å². The third-order valence-electron chi connectivity index (χ3n) is 2.94. The molecule has 0 aromatic heterocycles. The largest absolute Gasteiger partial charge is 0.249 e. The summed E-state index contributed by atoms with van der Waals surface area (Å²) in [7, 11) is 2.11. The highest BCUT2D eigenvalue weighted by molar-refractivity contribution is 4.93. The second-order valence-electron chi connectivity index (χ2n) is 3.97. The van der Waals surface area contributed by atoms with Gasteiger partial charge < -0.3 is 0 Å². The fourth-order valence-electron chi connectivity index (χ4n) is 1.60. The van der Waals surface area contributed by atoms with E-state index in [1.165, 1.54) is 0 Å². The summed E-state index contributed by atoms with van der Waals surface area (Å²) in [6.07, 6.45) is 0. The molecule has 0 saturated carbocycles. The van der Waals surface area contributed by atoms with Crippen LogP contribution in [0.3, 0.4) is 0 Å². The highest BCUT2D eigenvalue weighted by Gasteiger charge is 2.39. The number of nitrogens with zero attached hydrogens (tertiary/aromatic N) is 1. The highest BCUT2D eigenvalue weighted by atomic mass is 15.6. The van der Waals surface area contributed by atoms with Gasteiger partial charge in [-0.2, -0.15) is 0 Å². The van der Waals surface area contributed by atoms with Crippen molar-refractivity contribution in [3.05, 3.63) is 0 Å². The molecule has 60 valence electrons. The minimum atomic E-state index is 0.272. The third-order valence-corrected chi connectivity index (χ3v) is 2.94. The van der Waals surface area contributed by atoms with Crippen LogP contribution in [0.4, 0.5) is 0 Å². The van der Waals surface area contributed by atoms with Crippen LogP contribution in [0.15, 0.2) is 0 Å². The molecule has 0 spiro atoms. The lowest BCUT2D eigenvalue weighted by Gasteiger charge is -2.23. The molecule has 2 heteroatoms. The number of rotatable bonds is 0. The summed E-state index contributed by atoms with van der Waals surface area (Å²) in [5.74, 6) is 0.720. The Balaban J connectivity index is 2.71. The van der Waals surface area contributed by atoms with Crippen molar-refractivity contribution < 1.29 is 0 Å². The molecule has 1 N–H and O–H groups in total. The first kappa shape index (κ1) is 8.02. The Bertz CT molecular complexity index is 131. The summed E-state index contributed by atoms with van der Waals surface area (Å²) in [5, 5.41) is 2.20. The summed E-state index contributed by atoms with van der Waals surface area (Å²) < 4.78 is 0. The minimum Gasteiger partial charge on any atom is -0.249 e. The van der Waals surface area contributed by atoms with Crippen molar-refractivity contribution in [2.45, 2.75) is 39.3 Å². The van der Waals surface area contributed by atoms with Gasteiger partial charge in [0.15, 0.2) is 0 Å². The summed E-state index contributed by atoms with van der Waals surface area (Å²) in [6, 6.07) is 0.648. The van der Waals surface area contributed by atoms with E-state index in [2.05, 4.69) is 45.2 Å². The first-order valence-corrected chi connectivity index (χ1v) is 3.96. The SMILES string of the molecule is CC1C(C)C(C)(C)NN1C. The quantitative estimate of drug-likeness (QED) is 0.547. The standard InChI is InChI=1S/C8H18N2/c1-6-7(2)10(5)9-8(6,3)4/h6-7,9H,1-5H3. The van der Waals surface area contributed by atoms with E-state index in [1.54, 1.807) is 0 Å². The van der Waals surface area contributed by atoms with Crippen LogP contribution in [-0.4, -0.2) is 23.6 Å². The zero-order chi connectivity index (χ0) is 7.94. The Morgan fingerprint density at radius 1 is 1.30 bits per heavy atom. The predicted octanol–water partition coefficient (Wildman–Crippen LogP) is 1.24. The van der Waals surface area contributed by atoms with Crippen molar-refractivity contribution >= 4 is 0 Å². The van der Waals surface area contributed by atoms with Crippen molar-refractivity contribution in [2.24, 2.45) is 5.92 Å². The second-order valence-corrected chi connectivity index (χ2v) is 3.97. The normalized spacial score (nSPS) is 40.5. The molecule has 0 amide bonds. The summed E-state index contributed by atoms with van der Waals surface area (Å²) in [4.78, 5) is 0. The van der Waals surface area contributed by atoms with E-state index in [0.29, 0.717) is 6.04 Å². The molecule has 0 aromatic carbocycles. The van der Waals surface area contributed by atoms with E-state index in [4.69, 9.17) is 0 Å². The molecule has 1 aliphatic heterocycles. The molecular formula is C8H18N2. The number of hydrazine groups is 1. The smallest absolute Gasteiger partial charge is 0.0310 e. The maximum Gasteiger partial charge on any atom is 0.0310 e. The van der Waals surface area contributed by atoms with E-state index in [-0.39, 0.29) is 5.54 Å². The molecule has 1 aliphatic rings. The van der Waals surface area contributed by atoms with E-state index >= 15 is 0 Å². The average molecular weight is 142 g/mol. The van der Waals surface area contributed by atoms with E-state index in [0.717, 1.165) is 5.92 Å². The molecule has 2 atom stereocenters. The lowest BCUT2D eigenvalue weighted by atomic mass is 9.87. The van der Waals surface area contributed by atoms with Crippen molar-refractivity contribution in [1.29, 1.82) is 0 Å². The Morgan fingerprint density at radius 3 is 1.90 bits per heavy atom. The van der Waals surface area contributed by atoms with Gasteiger partial charge >= 0.3 is 0 Å². The highest BCUT2D eigenvalue weighted by Crippen LogP contribution is 2.28. The van der Waals surface area contributed by atoms with Crippen LogP contribution in [0.25, 0.3) is 0 Å². The number of hydrogen-bond donors (Lipinski definition) is 1. The Morgan fingerprint density at radius 2 is 1.80 bits per heavy atom. The molecule has 2 unspecified atom stereocenters. The topological polar surface area (TPSA) is 15.3 Å². The fraction of sp³-hybridized carbons (Fsp3) is 1.00. The average Bonchev–Trinajstić information content (AvgIpc) is 1.95. The van der Waals surface area contributed by atoms with E-state index in [9.17, 15) is 0 Å². The second kappa shape index (κ2) is 2.21. The van der Waals surface area contributed by atoms with Gasteiger partial charge in [0.1, 0.15) is 0 Å². The van der Waals surface area contributed by atoms with Gasteiger partial charge in [-0.25, -0.2) is 10.4 Å². The zero-order valence-electron chi connectivity index (χ0n) is 7.60. The molecule has 1 heterocycles. The first-order chi connectivity index (χ1) is 4.45. The van der Waals surface area contributed by atoms with E-state index in [1.807, 2.05) is 0 Å². The van der Waals surface area contributed by atoms with Gasteiger partial charge in [0.2, 0.25) is 0 Å². The maximum absolute atomic E-state index is 3.43. The minimum absolute atomic E-state index is 0.272. The predicted molar refractivity (Wildman–Crippen MR) is 43.6 cm³/mol. The molecule has 1 saturated heterocycles. The van der Waals surface area contributed by atoms with Gasteiger partial charge in [-0.05, 0) is 26.7 Å². The lowest BCUT2D eigenvalue weighted by molar-refractivity contribution is 0.219. The summed E-state index contributed by atoms with van der Waals surface area (Å²) >= 11 is 0. The molecule has 1 fully saturated rings. The molecule has 2 nitrogen and oxygen atoms in total. The summed E-state index contributed by atoms with van der Waals surface area (Å²) in [5.41, 5.74) is 3.70. The first-order valence-electron chi connectivity index (χ1n) is 3.96. The Labute approximate surface area is 63.6 Å². The lowest BCUT2D eigenvalue weighted by Crippen LogP contribution is -2.41. The Hall–Kier alpha value is -0.0800. The number of nitrogens with one attached hydrogen (secondary N) is 1. The van der Waals surface area contributed by atoms with Crippen LogP contribution < -0.4 is 5.43 Å². The molecule has 10 heavy (non-hydrogen) atoms. The van der Waals surface area contributed by atoms with Gasteiger partial charge in [0, 0.05) is 18.6 Å². The van der Waals surface area contributed by atoms with Crippen LogP contribution in [0.5, 0.6) is 0 Å². The van der Waals surface area contributed by atoms with Crippen LogP contribution >= 0.6 is 0 Å². The molecule has 0 bridgehead atoms. The zero-order valence-corrected chi connectivity index (χ0v) is 7.60. The number of hydrogen-bond acceptors (Lipinski definition) is 2. The molecular weight excluding hydrogens is 124 g/mol. The van der Waals surface area contributed by atoms with Crippen molar-refractivity contribution in [1.82, 2.24) is 10.4 Å². The van der Waals surface area contributed by atoms with Crippen molar-refractivity contribution in [2.75, 3.05) is 7.05 Å². The van der Waals surface area contributed by atoms with Gasteiger partial charge in [0.25, 0.3) is 0 Å². The van der Waals surface area contributed by atoms with Gasteiger partial charge in [0.05, 0.1) is 0 Å². The molecule has 0 aliphatic carbocycles. The summed E-state index contributed by atoms with van der Waals surface area (Å²) in [6.45, 7) is 9.04. The molecule has 1 rings (SSSR count). The third kappa shape index (κ3) is 1.06. The molecule has 0 aromatic rings. The van der Waals surface area contributed by atoms with E-state index < -0.39 is 0 Å². The van der Waals surface area contributed by atoms with Crippen LogP contribution in [0.1, 0.15) is 27.7 Å². The van der Waals surface area contributed by atoms with Crippen LogP contribution in [0.2, 0.25) is 0 Å². The van der Waals surface area contributed by atoms with Crippen molar-refractivity contribution in [3.8, 4) is 0 Å². The van der Waals surface area contributed by atoms with Gasteiger partial charge in [-0.3, -0.25) is 0 Å². The fourth-order valence-corrected chi connectivity index (χ4v) is 1.60. The Kier molecular flexibility index (Phi) is 1.77. The monoisotopic (exact) mass is 142 g/mol. The molecule has 0 radical (unpaired) electrons.